The molecule has 1 aromatic heterocycles. The molecule has 0 amide bonds. The maximum Gasteiger partial charge on any atom is 0.123 e. The van der Waals surface area contributed by atoms with E-state index in [1.807, 2.05) is 41.7 Å². The Morgan fingerprint density at radius 2 is 1.10 bits per heavy atom. The second kappa shape index (κ2) is 11.5. The minimum absolute atomic E-state index is 0.128. The van der Waals surface area contributed by atoms with Gasteiger partial charge in [-0.25, -0.2) is 4.39 Å². The molecule has 0 unspecified atom stereocenters. The Balaban J connectivity index is 1.24. The maximum atomic E-state index is 13.9. The molecule has 0 saturated carbocycles. The molecular formula is C45H33FN2S. The lowest BCUT2D eigenvalue weighted by atomic mass is 9.73. The van der Waals surface area contributed by atoms with Crippen molar-refractivity contribution < 1.29 is 4.39 Å². The molecule has 0 spiro atoms. The van der Waals surface area contributed by atoms with Gasteiger partial charge in [-0.3, -0.25) is 0 Å². The standard InChI is InChI=1S/C45H33FN2S/c1-45(2)39-15-7-9-17-41(39)48(42-18-10-8-16-40(42)45)35-28-37(44-38(29-35)36-14-6-11-19-43(36)49-44)30-20-24-33(25-21-30)47(32-12-4-3-5-13-32)34-26-22-31(46)23-27-34/h3-29H,1-2H3. The van der Waals surface area contributed by atoms with Crippen LogP contribution >= 0.6 is 11.3 Å². The number of thiophene rings is 1. The number of hydrogen-bond acceptors (Lipinski definition) is 3. The summed E-state index contributed by atoms with van der Waals surface area (Å²) in [5.74, 6) is -0.248. The van der Waals surface area contributed by atoms with E-state index >= 15 is 0 Å². The lowest BCUT2D eigenvalue weighted by Crippen LogP contribution is -2.30. The third-order valence-corrected chi connectivity index (χ3v) is 11.1. The highest BCUT2D eigenvalue weighted by Crippen LogP contribution is 2.53. The van der Waals surface area contributed by atoms with Crippen LogP contribution < -0.4 is 9.80 Å². The highest BCUT2D eigenvalue weighted by atomic mass is 32.1. The first-order valence-corrected chi connectivity index (χ1v) is 17.4. The van der Waals surface area contributed by atoms with Crippen molar-refractivity contribution in [2.75, 3.05) is 9.80 Å². The first kappa shape index (κ1) is 29.4. The summed E-state index contributed by atoms with van der Waals surface area (Å²) >= 11 is 1.85. The van der Waals surface area contributed by atoms with Gasteiger partial charge >= 0.3 is 0 Å². The minimum atomic E-state index is -0.248. The fraction of sp³-hybridized carbons (Fsp3) is 0.0667. The summed E-state index contributed by atoms with van der Waals surface area (Å²) in [5, 5.41) is 2.53. The van der Waals surface area contributed by atoms with Gasteiger partial charge in [-0.1, -0.05) is 98.8 Å². The summed E-state index contributed by atoms with van der Waals surface area (Å²) in [6.45, 7) is 4.66. The van der Waals surface area contributed by atoms with Crippen LogP contribution in [0.25, 0.3) is 31.3 Å². The first-order chi connectivity index (χ1) is 24.0. The number of anilines is 6. The van der Waals surface area contributed by atoms with Crippen LogP contribution in [0.1, 0.15) is 25.0 Å². The normalized spacial score (nSPS) is 13.3. The predicted octanol–water partition coefficient (Wildman–Crippen LogP) is 13.4. The van der Waals surface area contributed by atoms with Gasteiger partial charge in [0.25, 0.3) is 0 Å². The van der Waals surface area contributed by atoms with Crippen LogP contribution in [-0.2, 0) is 5.41 Å². The number of nitrogens with zero attached hydrogens (tertiary/aromatic N) is 2. The first-order valence-electron chi connectivity index (χ1n) is 16.6. The number of fused-ring (bicyclic) bond motifs is 5. The molecule has 1 aliphatic heterocycles. The molecule has 2 nitrogen and oxygen atoms in total. The fourth-order valence-electron chi connectivity index (χ4n) is 7.51. The predicted molar refractivity (Wildman–Crippen MR) is 206 cm³/mol. The summed E-state index contributed by atoms with van der Waals surface area (Å²) < 4.78 is 16.5. The van der Waals surface area contributed by atoms with E-state index in [1.54, 1.807) is 0 Å². The van der Waals surface area contributed by atoms with Crippen LogP contribution in [0.2, 0.25) is 0 Å². The van der Waals surface area contributed by atoms with E-state index in [0.29, 0.717) is 0 Å². The molecule has 9 rings (SSSR count). The van der Waals surface area contributed by atoms with Crippen molar-refractivity contribution in [3.63, 3.8) is 0 Å². The van der Waals surface area contributed by atoms with Crippen molar-refractivity contribution in [2.24, 2.45) is 0 Å². The smallest absolute Gasteiger partial charge is 0.123 e. The van der Waals surface area contributed by atoms with Gasteiger partial charge in [0, 0.05) is 53.9 Å². The van der Waals surface area contributed by atoms with Gasteiger partial charge < -0.3 is 9.80 Å². The van der Waals surface area contributed by atoms with Crippen LogP contribution in [0.4, 0.5) is 38.5 Å². The zero-order valence-corrected chi connectivity index (χ0v) is 28.1. The van der Waals surface area contributed by atoms with E-state index in [4.69, 9.17) is 0 Å². The number of halogens is 1. The van der Waals surface area contributed by atoms with Crippen molar-refractivity contribution in [3.05, 3.63) is 181 Å². The van der Waals surface area contributed by atoms with Crippen LogP contribution in [0.5, 0.6) is 0 Å². The molecule has 0 atom stereocenters. The van der Waals surface area contributed by atoms with Crippen LogP contribution in [0.15, 0.2) is 164 Å². The third kappa shape index (κ3) is 4.82. The van der Waals surface area contributed by atoms with Gasteiger partial charge in [0.05, 0.1) is 11.4 Å². The van der Waals surface area contributed by atoms with Crippen molar-refractivity contribution in [1.29, 1.82) is 0 Å². The van der Waals surface area contributed by atoms with Crippen molar-refractivity contribution >= 4 is 65.6 Å². The second-order valence-corrected chi connectivity index (χ2v) is 14.2. The van der Waals surface area contributed by atoms with Gasteiger partial charge in [-0.15, -0.1) is 11.3 Å². The molecule has 1 aliphatic rings. The topological polar surface area (TPSA) is 6.48 Å². The van der Waals surface area contributed by atoms with Gasteiger partial charge in [0.1, 0.15) is 5.82 Å². The number of rotatable bonds is 5. The Bertz CT molecular complexity index is 2430. The highest BCUT2D eigenvalue weighted by molar-refractivity contribution is 7.26. The number of para-hydroxylation sites is 3. The van der Waals surface area contributed by atoms with E-state index in [-0.39, 0.29) is 11.2 Å². The average molecular weight is 653 g/mol. The summed E-state index contributed by atoms with van der Waals surface area (Å²) in [6, 6.07) is 56.8. The van der Waals surface area contributed by atoms with Gasteiger partial charge in [-0.05, 0) is 95.6 Å². The summed E-state index contributed by atoms with van der Waals surface area (Å²) in [6.07, 6.45) is 0. The van der Waals surface area contributed by atoms with Crippen LogP contribution in [0, 0.1) is 5.82 Å². The SMILES string of the molecule is CC1(C)c2ccccc2N(c2cc(-c3ccc(N(c4ccccc4)c4ccc(F)cc4)cc3)c3sc4ccccc4c3c2)c2ccccc21. The zero-order valence-electron chi connectivity index (χ0n) is 27.3. The largest absolute Gasteiger partial charge is 0.311 e. The summed E-state index contributed by atoms with van der Waals surface area (Å²) in [5.41, 5.74) is 11.3. The van der Waals surface area contributed by atoms with E-state index in [1.165, 1.54) is 60.4 Å². The second-order valence-electron chi connectivity index (χ2n) is 13.2. The molecule has 0 saturated heterocycles. The highest BCUT2D eigenvalue weighted by Gasteiger charge is 2.36. The zero-order chi connectivity index (χ0) is 33.1. The Hall–Kier alpha value is -5.71. The molecule has 2 heterocycles. The summed E-state index contributed by atoms with van der Waals surface area (Å²) in [7, 11) is 0. The van der Waals surface area contributed by atoms with E-state index in [9.17, 15) is 4.39 Å². The summed E-state index contributed by atoms with van der Waals surface area (Å²) in [4.78, 5) is 4.61. The Labute approximate surface area is 289 Å². The van der Waals surface area contributed by atoms with E-state index < -0.39 is 0 Å². The van der Waals surface area contributed by atoms with Crippen LogP contribution in [-0.4, -0.2) is 0 Å². The molecule has 0 aliphatic carbocycles. The third-order valence-electron chi connectivity index (χ3n) is 9.89. The van der Waals surface area contributed by atoms with Gasteiger partial charge in [0.15, 0.2) is 0 Å². The molecule has 0 N–H and O–H groups in total. The maximum absolute atomic E-state index is 13.9. The lowest BCUT2D eigenvalue weighted by Gasteiger charge is -2.42. The average Bonchev–Trinajstić information content (AvgIpc) is 3.52. The van der Waals surface area contributed by atoms with Crippen molar-refractivity contribution in [1.82, 2.24) is 0 Å². The monoisotopic (exact) mass is 652 g/mol. The number of hydrogen-bond donors (Lipinski definition) is 0. The number of benzene rings is 7. The molecule has 0 radical (unpaired) electrons. The molecular weight excluding hydrogens is 620 g/mol. The Morgan fingerprint density at radius 3 is 1.78 bits per heavy atom. The Kier molecular flexibility index (Phi) is 6.89. The van der Waals surface area contributed by atoms with Gasteiger partial charge in [0.2, 0.25) is 0 Å². The molecule has 0 fully saturated rings. The van der Waals surface area contributed by atoms with Crippen molar-refractivity contribution in [3.8, 4) is 11.1 Å². The molecule has 236 valence electrons. The molecule has 49 heavy (non-hydrogen) atoms. The van der Waals surface area contributed by atoms with Crippen LogP contribution in [0.3, 0.4) is 0 Å². The van der Waals surface area contributed by atoms with Crippen molar-refractivity contribution in [2.45, 2.75) is 19.3 Å². The fourth-order valence-corrected chi connectivity index (χ4v) is 8.73. The van der Waals surface area contributed by atoms with Gasteiger partial charge in [-0.2, -0.15) is 0 Å². The molecule has 4 heteroatoms. The molecule has 7 aromatic carbocycles. The minimum Gasteiger partial charge on any atom is -0.311 e. The molecule has 0 bridgehead atoms. The lowest BCUT2D eigenvalue weighted by molar-refractivity contribution is 0.628. The Morgan fingerprint density at radius 1 is 0.551 bits per heavy atom. The molecule has 8 aromatic rings. The quantitative estimate of drug-likeness (QED) is 0.183. The van der Waals surface area contributed by atoms with E-state index in [2.05, 4.69) is 145 Å². The van der Waals surface area contributed by atoms with E-state index in [0.717, 1.165) is 28.3 Å².